The maximum Gasteiger partial charge on any atom is 0.251 e. The minimum Gasteiger partial charge on any atom is -0.352 e. The fraction of sp³-hybridized carbons (Fsp3) is 0.346. The molecule has 0 aliphatic carbocycles. The molecule has 1 saturated heterocycles. The van der Waals surface area contributed by atoms with Crippen LogP contribution in [0, 0.1) is 5.82 Å². The molecule has 7 heteroatoms. The highest BCUT2D eigenvalue weighted by Crippen LogP contribution is 2.22. The van der Waals surface area contributed by atoms with E-state index < -0.39 is 0 Å². The Morgan fingerprint density at radius 3 is 2.85 bits per heavy atom. The molecule has 2 heterocycles. The molecule has 0 saturated carbocycles. The van der Waals surface area contributed by atoms with Crippen LogP contribution in [0.1, 0.15) is 43.0 Å². The molecule has 0 unspecified atom stereocenters. The van der Waals surface area contributed by atoms with Gasteiger partial charge in [0.25, 0.3) is 5.91 Å². The van der Waals surface area contributed by atoms with Crippen LogP contribution < -0.4 is 10.6 Å². The van der Waals surface area contributed by atoms with E-state index in [1.54, 1.807) is 30.3 Å². The molecule has 1 aliphatic heterocycles. The van der Waals surface area contributed by atoms with Crippen molar-refractivity contribution in [3.63, 3.8) is 0 Å². The summed E-state index contributed by atoms with van der Waals surface area (Å²) >= 11 is 0. The summed E-state index contributed by atoms with van der Waals surface area (Å²) in [6.45, 7) is 5.12. The number of amides is 1. The zero-order chi connectivity index (χ0) is 23.0. The minimum atomic E-state index is -0.315. The van der Waals surface area contributed by atoms with Gasteiger partial charge in [0.1, 0.15) is 18.0 Å². The maximum atomic E-state index is 13.5. The number of carbonyl (C=O) groups excluding carboxylic acids is 1. The van der Waals surface area contributed by atoms with E-state index in [1.807, 2.05) is 12.1 Å². The first-order chi connectivity index (χ1) is 16.1. The number of aromatic nitrogens is 2. The Bertz CT molecular complexity index is 1090. The van der Waals surface area contributed by atoms with E-state index in [0.29, 0.717) is 35.2 Å². The summed E-state index contributed by atoms with van der Waals surface area (Å²) < 4.78 is 13.5. The van der Waals surface area contributed by atoms with Gasteiger partial charge in [-0.05, 0) is 63.1 Å². The lowest BCUT2D eigenvalue weighted by molar-refractivity contribution is 0.0949. The first-order valence-electron chi connectivity index (χ1n) is 11.6. The van der Waals surface area contributed by atoms with Gasteiger partial charge in [-0.15, -0.1) is 0 Å². The second-order valence-electron chi connectivity index (χ2n) is 8.49. The lowest BCUT2D eigenvalue weighted by Gasteiger charge is -2.33. The van der Waals surface area contributed by atoms with E-state index in [4.69, 9.17) is 0 Å². The molecule has 1 aromatic heterocycles. The van der Waals surface area contributed by atoms with Crippen molar-refractivity contribution in [2.24, 2.45) is 0 Å². The Kier molecular flexibility index (Phi) is 7.62. The van der Waals surface area contributed by atoms with Crippen LogP contribution in [-0.4, -0.2) is 46.5 Å². The van der Waals surface area contributed by atoms with E-state index in [9.17, 15) is 9.18 Å². The normalized spacial score (nSPS) is 16.4. The summed E-state index contributed by atoms with van der Waals surface area (Å²) in [6.07, 6.45) is 6.23. The Labute approximate surface area is 194 Å². The molecule has 1 aliphatic rings. The van der Waals surface area contributed by atoms with E-state index in [1.165, 1.54) is 37.7 Å². The van der Waals surface area contributed by atoms with Crippen LogP contribution in [0.2, 0.25) is 0 Å². The lowest BCUT2D eigenvalue weighted by Crippen LogP contribution is -2.39. The Balaban J connectivity index is 1.33. The SMILES string of the molecule is C[C@H]1CCCCN1CCCNC(=O)c1cccc(Nc2cc(-c3cccc(F)c3)ncn2)c1. The predicted molar refractivity (Wildman–Crippen MR) is 129 cm³/mol. The van der Waals surface area contributed by atoms with E-state index >= 15 is 0 Å². The smallest absolute Gasteiger partial charge is 0.251 e. The average molecular weight is 448 g/mol. The van der Waals surface area contributed by atoms with Gasteiger partial charge in [0.15, 0.2) is 0 Å². The molecule has 33 heavy (non-hydrogen) atoms. The van der Waals surface area contributed by atoms with Crippen LogP contribution >= 0.6 is 0 Å². The first-order valence-corrected chi connectivity index (χ1v) is 11.6. The molecule has 1 amide bonds. The van der Waals surface area contributed by atoms with Gasteiger partial charge in [0.05, 0.1) is 5.69 Å². The Morgan fingerprint density at radius 2 is 2.00 bits per heavy atom. The highest BCUT2D eigenvalue weighted by Gasteiger charge is 2.17. The fourth-order valence-electron chi connectivity index (χ4n) is 4.19. The number of benzene rings is 2. The zero-order valence-corrected chi connectivity index (χ0v) is 18.9. The van der Waals surface area contributed by atoms with Crippen LogP contribution in [0.4, 0.5) is 15.9 Å². The Hall–Kier alpha value is -3.32. The molecule has 3 aromatic rings. The van der Waals surface area contributed by atoms with Gasteiger partial charge in [0.2, 0.25) is 0 Å². The van der Waals surface area contributed by atoms with Gasteiger partial charge in [-0.1, -0.05) is 24.6 Å². The van der Waals surface area contributed by atoms with E-state index in [0.717, 1.165) is 25.2 Å². The molecule has 1 atom stereocenters. The zero-order valence-electron chi connectivity index (χ0n) is 18.9. The molecule has 1 fully saturated rings. The third kappa shape index (κ3) is 6.35. The van der Waals surface area contributed by atoms with Crippen molar-refractivity contribution < 1.29 is 9.18 Å². The van der Waals surface area contributed by atoms with Gasteiger partial charge in [0, 0.05) is 42.0 Å². The molecule has 2 aromatic carbocycles. The quantitative estimate of drug-likeness (QED) is 0.475. The summed E-state index contributed by atoms with van der Waals surface area (Å²) in [6, 6.07) is 16.0. The molecular formula is C26H30FN5O. The average Bonchev–Trinajstić information content (AvgIpc) is 2.83. The van der Waals surface area contributed by atoms with Crippen molar-refractivity contribution >= 4 is 17.4 Å². The molecule has 172 valence electrons. The number of hydrogen-bond acceptors (Lipinski definition) is 5. The van der Waals surface area contributed by atoms with Gasteiger partial charge in [-0.3, -0.25) is 4.79 Å². The topological polar surface area (TPSA) is 70.2 Å². The number of rotatable bonds is 8. The van der Waals surface area contributed by atoms with E-state index in [-0.39, 0.29) is 11.7 Å². The molecule has 2 N–H and O–H groups in total. The van der Waals surface area contributed by atoms with Crippen molar-refractivity contribution in [2.75, 3.05) is 25.0 Å². The molecular weight excluding hydrogens is 417 g/mol. The molecule has 0 bridgehead atoms. The third-order valence-electron chi connectivity index (χ3n) is 6.03. The summed E-state index contributed by atoms with van der Waals surface area (Å²) in [7, 11) is 0. The van der Waals surface area contributed by atoms with Crippen molar-refractivity contribution in [1.29, 1.82) is 0 Å². The number of piperidine rings is 1. The van der Waals surface area contributed by atoms with Gasteiger partial charge in [-0.2, -0.15) is 0 Å². The van der Waals surface area contributed by atoms with Crippen molar-refractivity contribution in [3.8, 4) is 11.3 Å². The number of nitrogens with zero attached hydrogens (tertiary/aromatic N) is 3. The predicted octanol–water partition coefficient (Wildman–Crippen LogP) is 5.02. The minimum absolute atomic E-state index is 0.0894. The number of anilines is 2. The van der Waals surface area contributed by atoms with Crippen LogP contribution in [0.15, 0.2) is 60.9 Å². The molecule has 6 nitrogen and oxygen atoms in total. The molecule has 0 radical (unpaired) electrons. The van der Waals surface area contributed by atoms with Crippen LogP contribution in [0.5, 0.6) is 0 Å². The molecule has 4 rings (SSSR count). The number of halogens is 1. The lowest BCUT2D eigenvalue weighted by atomic mass is 10.0. The highest BCUT2D eigenvalue weighted by atomic mass is 19.1. The monoisotopic (exact) mass is 447 g/mol. The van der Waals surface area contributed by atoms with E-state index in [2.05, 4.69) is 32.4 Å². The highest BCUT2D eigenvalue weighted by molar-refractivity contribution is 5.95. The summed E-state index contributed by atoms with van der Waals surface area (Å²) in [4.78, 5) is 23.6. The van der Waals surface area contributed by atoms with Crippen molar-refractivity contribution in [2.45, 2.75) is 38.6 Å². The largest absolute Gasteiger partial charge is 0.352 e. The van der Waals surface area contributed by atoms with Gasteiger partial charge < -0.3 is 15.5 Å². The number of likely N-dealkylation sites (tertiary alicyclic amines) is 1. The number of hydrogen-bond donors (Lipinski definition) is 2. The first kappa shape index (κ1) is 22.9. The van der Waals surface area contributed by atoms with Crippen LogP contribution in [-0.2, 0) is 0 Å². The number of carbonyl (C=O) groups is 1. The standard InChI is InChI=1S/C26H30FN5O/c1-19-7-2-3-13-32(19)14-6-12-28-26(33)21-9-5-11-23(16-21)31-25-17-24(29-18-30-25)20-8-4-10-22(27)15-20/h4-5,8-11,15-19H,2-3,6-7,12-14H2,1H3,(H,28,33)(H,29,30,31)/t19-/m0/s1. The second kappa shape index (κ2) is 11.0. The summed E-state index contributed by atoms with van der Waals surface area (Å²) in [5.41, 5.74) is 2.62. The van der Waals surface area contributed by atoms with Gasteiger partial charge >= 0.3 is 0 Å². The van der Waals surface area contributed by atoms with Crippen LogP contribution in [0.25, 0.3) is 11.3 Å². The fourth-order valence-corrected chi connectivity index (χ4v) is 4.19. The number of nitrogens with one attached hydrogen (secondary N) is 2. The van der Waals surface area contributed by atoms with Crippen molar-refractivity contribution in [1.82, 2.24) is 20.2 Å². The van der Waals surface area contributed by atoms with Gasteiger partial charge in [-0.25, -0.2) is 14.4 Å². The van der Waals surface area contributed by atoms with Crippen molar-refractivity contribution in [3.05, 3.63) is 72.3 Å². The molecule has 0 spiro atoms. The Morgan fingerprint density at radius 1 is 1.12 bits per heavy atom. The van der Waals surface area contributed by atoms with Crippen LogP contribution in [0.3, 0.4) is 0 Å². The summed E-state index contributed by atoms with van der Waals surface area (Å²) in [5.74, 6) is 0.163. The summed E-state index contributed by atoms with van der Waals surface area (Å²) in [5, 5.41) is 6.23. The maximum absolute atomic E-state index is 13.5. The third-order valence-corrected chi connectivity index (χ3v) is 6.03. The second-order valence-corrected chi connectivity index (χ2v) is 8.49.